The van der Waals surface area contributed by atoms with E-state index in [1.54, 1.807) is 26.6 Å². The van der Waals surface area contributed by atoms with Crippen molar-refractivity contribution < 1.29 is 51.6 Å². The molecule has 2 aliphatic heterocycles. The van der Waals surface area contributed by atoms with Crippen LogP contribution < -0.4 is 39.3 Å². The number of benzene rings is 2. The first-order valence-corrected chi connectivity index (χ1v) is 15.8. The van der Waals surface area contributed by atoms with Gasteiger partial charge in [-0.3, -0.25) is 0 Å². The van der Waals surface area contributed by atoms with Crippen molar-refractivity contribution in [2.45, 2.75) is 27.7 Å². The molecule has 0 unspecified atom stereocenters. The molecule has 0 bridgehead atoms. The normalized spacial score (nSPS) is 12.0. The van der Waals surface area contributed by atoms with Crippen molar-refractivity contribution in [3.05, 3.63) is 133 Å². The molecule has 0 saturated heterocycles. The summed E-state index contributed by atoms with van der Waals surface area (Å²) in [6.07, 6.45) is 3.50. The third kappa shape index (κ3) is 10.2. The largest absolute Gasteiger partial charge is 0.579 e. The molecule has 52 heavy (non-hydrogen) atoms. The molecule has 0 spiro atoms. The summed E-state index contributed by atoms with van der Waals surface area (Å²) in [5, 5.41) is 15.1. The van der Waals surface area contributed by atoms with Crippen LogP contribution in [0.5, 0.6) is 11.5 Å². The molecule has 6 heterocycles. The Hall–Kier alpha value is -4.66. The zero-order chi connectivity index (χ0) is 35.6. The number of ether oxygens (including phenoxy) is 2. The Morgan fingerprint density at radius 3 is 1.29 bits per heavy atom. The van der Waals surface area contributed by atoms with Crippen LogP contribution in [-0.4, -0.2) is 48.5 Å². The third-order valence-electron chi connectivity index (χ3n) is 7.39. The van der Waals surface area contributed by atoms with Gasteiger partial charge in [-0.1, -0.05) is 26.0 Å². The maximum atomic E-state index is 5.37. The first-order chi connectivity index (χ1) is 24.2. The van der Waals surface area contributed by atoms with Gasteiger partial charge in [0.25, 0.3) is 0 Å². The Bertz CT molecular complexity index is 1780. The molecule has 14 heteroatoms. The molecular weight excluding hydrogens is 1020 g/mol. The number of nitrogens with zero attached hydrogens (tertiary/aromatic N) is 10. The van der Waals surface area contributed by atoms with E-state index < -0.39 is 0 Å². The van der Waals surface area contributed by atoms with Crippen molar-refractivity contribution in [2.75, 3.05) is 47.9 Å². The van der Waals surface area contributed by atoms with Crippen molar-refractivity contribution in [3.63, 3.8) is 0 Å². The van der Waals surface area contributed by atoms with Crippen LogP contribution in [-0.2, 0) is 42.1 Å². The molecule has 0 fully saturated rings. The van der Waals surface area contributed by atoms with E-state index in [1.165, 1.54) is 0 Å². The van der Waals surface area contributed by atoms with Crippen LogP contribution in [0.2, 0.25) is 0 Å². The predicted molar refractivity (Wildman–Crippen MR) is 196 cm³/mol. The molecule has 0 aliphatic carbocycles. The molecule has 0 amide bonds. The minimum absolute atomic E-state index is 0. The number of hydrogen-bond acceptors (Lipinski definition) is 10. The standard InChI is InChI=1S/2C14H13N3O.2C5H7N2.2Pt/c2*1-16-10-17(11-6-4-3-5-7-11)14-13(16)12(18-2)8-9-15-14;2*1-4-3-5(2)7-6-4;;/h2*3-6,8-10H,1-2H3;2*3H,1-2H3;;/q2*-2;2*-1;;. The number of fused-ring (bicyclic) bond motifs is 2. The maximum Gasteiger partial charge on any atom is 0.144 e. The second-order valence-electron chi connectivity index (χ2n) is 11.3. The van der Waals surface area contributed by atoms with Crippen LogP contribution in [0.15, 0.2) is 85.2 Å². The average molecular weight is 1060 g/mol. The number of pyridine rings is 2. The molecule has 12 nitrogen and oxygen atoms in total. The van der Waals surface area contributed by atoms with E-state index in [1.807, 2.05) is 148 Å². The summed E-state index contributed by atoms with van der Waals surface area (Å²) in [5.74, 6) is 3.35. The average Bonchev–Trinajstić information content (AvgIpc) is 3.91. The summed E-state index contributed by atoms with van der Waals surface area (Å²) in [6, 6.07) is 29.7. The van der Waals surface area contributed by atoms with E-state index in [2.05, 4.69) is 42.5 Å². The van der Waals surface area contributed by atoms with Crippen LogP contribution in [0.1, 0.15) is 22.8 Å². The summed E-state index contributed by atoms with van der Waals surface area (Å²) in [6.45, 7) is 11.7. The van der Waals surface area contributed by atoms with Crippen LogP contribution in [0, 0.1) is 53.2 Å². The summed E-state index contributed by atoms with van der Waals surface area (Å²) in [5.41, 5.74) is 7.85. The number of methoxy groups -OCH3 is 2. The fraction of sp³-hybridized carbons (Fsp3) is 0.211. The van der Waals surface area contributed by atoms with Crippen molar-refractivity contribution in [1.29, 1.82) is 0 Å². The van der Waals surface area contributed by atoms with E-state index in [-0.39, 0.29) is 42.1 Å². The van der Waals surface area contributed by atoms with Gasteiger partial charge in [0.1, 0.15) is 23.1 Å². The minimum Gasteiger partial charge on any atom is -0.579 e. The Balaban J connectivity index is 0.000000201. The van der Waals surface area contributed by atoms with Gasteiger partial charge in [-0.2, -0.15) is 74.0 Å². The van der Waals surface area contributed by atoms with Gasteiger partial charge in [0.05, 0.1) is 25.6 Å². The summed E-state index contributed by atoms with van der Waals surface area (Å²) < 4.78 is 10.7. The molecule has 0 atom stereocenters. The van der Waals surface area contributed by atoms with Crippen molar-refractivity contribution >= 4 is 34.4 Å². The van der Waals surface area contributed by atoms with E-state index in [0.29, 0.717) is 0 Å². The molecule has 2 aliphatic rings. The van der Waals surface area contributed by atoms with Gasteiger partial charge in [0.15, 0.2) is 0 Å². The number of anilines is 6. The fourth-order valence-electron chi connectivity index (χ4n) is 5.22. The topological polar surface area (TPSA) is 111 Å². The molecule has 280 valence electrons. The third-order valence-corrected chi connectivity index (χ3v) is 7.39. The zero-order valence-corrected chi connectivity index (χ0v) is 34.7. The number of hydrogen-bond donors (Lipinski definition) is 0. The van der Waals surface area contributed by atoms with E-state index in [9.17, 15) is 0 Å². The van der Waals surface area contributed by atoms with E-state index >= 15 is 0 Å². The SMILES string of the molecule is COc1ccnc2c1N(C)[CH-]N2c1[c-]cccc1.COc1ccnc2c1N(C)[CH-]N2c1[c-]cccc1.Cc1cc(C)[n-]n1.Cc1cc(C)[n-]n1.[Pt].[Pt]. The molecule has 0 saturated carbocycles. The maximum absolute atomic E-state index is 5.37. The molecule has 2 aromatic carbocycles. The first-order valence-electron chi connectivity index (χ1n) is 15.8. The number of aromatic nitrogens is 6. The van der Waals surface area contributed by atoms with Gasteiger partial charge in [-0.15, -0.1) is 22.8 Å². The molecular formula is C38H40N10O2Pt2-6. The van der Waals surface area contributed by atoms with Gasteiger partial charge >= 0.3 is 0 Å². The van der Waals surface area contributed by atoms with Gasteiger partial charge in [-0.25, -0.2) is 9.97 Å². The van der Waals surface area contributed by atoms with E-state index in [0.717, 1.165) is 68.7 Å². The van der Waals surface area contributed by atoms with E-state index in [4.69, 9.17) is 9.47 Å². The van der Waals surface area contributed by atoms with Gasteiger partial charge < -0.3 is 49.5 Å². The quantitative estimate of drug-likeness (QED) is 0.180. The number of rotatable bonds is 4. The van der Waals surface area contributed by atoms with Crippen LogP contribution in [0.3, 0.4) is 0 Å². The van der Waals surface area contributed by atoms with Crippen molar-refractivity contribution in [2.24, 2.45) is 0 Å². The smallest absolute Gasteiger partial charge is 0.144 e. The molecule has 0 radical (unpaired) electrons. The minimum atomic E-state index is 0. The summed E-state index contributed by atoms with van der Waals surface area (Å²) >= 11 is 0. The summed E-state index contributed by atoms with van der Waals surface area (Å²) in [4.78, 5) is 16.9. The Morgan fingerprint density at radius 1 is 0.615 bits per heavy atom. The molecule has 0 N–H and O–H groups in total. The molecule has 4 aromatic heterocycles. The first kappa shape index (κ1) is 41.8. The second kappa shape index (κ2) is 19.8. The van der Waals surface area contributed by atoms with Crippen molar-refractivity contribution in [3.8, 4) is 11.5 Å². The fourth-order valence-corrected chi connectivity index (χ4v) is 5.22. The monoisotopic (exact) mass is 1060 g/mol. The number of para-hydroxylation sites is 2. The Morgan fingerprint density at radius 2 is 1.02 bits per heavy atom. The summed E-state index contributed by atoms with van der Waals surface area (Å²) in [7, 11) is 7.29. The number of aryl methyl sites for hydroxylation is 4. The zero-order valence-electron chi connectivity index (χ0n) is 30.2. The Labute approximate surface area is 335 Å². The second-order valence-corrected chi connectivity index (χ2v) is 11.3. The predicted octanol–water partition coefficient (Wildman–Crippen LogP) is 6.50. The van der Waals surface area contributed by atoms with Crippen LogP contribution >= 0.6 is 0 Å². The van der Waals surface area contributed by atoms with Gasteiger partial charge in [0.2, 0.25) is 0 Å². The van der Waals surface area contributed by atoms with Crippen LogP contribution in [0.25, 0.3) is 0 Å². The molecule has 6 aromatic rings. The van der Waals surface area contributed by atoms with Gasteiger partial charge in [0, 0.05) is 78.0 Å². The molecule has 8 rings (SSSR count). The Kier molecular flexibility index (Phi) is 15.9. The van der Waals surface area contributed by atoms with Crippen molar-refractivity contribution in [1.82, 2.24) is 30.4 Å². The van der Waals surface area contributed by atoms with Gasteiger partial charge in [-0.05, 0) is 27.9 Å². The van der Waals surface area contributed by atoms with Crippen LogP contribution in [0.4, 0.5) is 34.4 Å².